The molecule has 1 aliphatic heterocycles. The van der Waals surface area contributed by atoms with E-state index in [1.54, 1.807) is 0 Å². The zero-order valence-electron chi connectivity index (χ0n) is 14.0. The summed E-state index contributed by atoms with van der Waals surface area (Å²) >= 11 is 0. The number of rotatable bonds is 5. The number of nitrogens with one attached hydrogen (secondary N) is 1. The Balaban J connectivity index is 1.55. The van der Waals surface area contributed by atoms with Crippen LogP contribution in [0.3, 0.4) is 0 Å². The number of carbonyl (C=O) groups excluding carboxylic acids is 1. The minimum atomic E-state index is -0.163. The topological polar surface area (TPSA) is 41.6 Å². The summed E-state index contributed by atoms with van der Waals surface area (Å²) in [4.78, 5) is 14.7. The van der Waals surface area contributed by atoms with Crippen LogP contribution in [0.4, 0.5) is 0 Å². The molecular weight excluding hydrogens is 300 g/mol. The van der Waals surface area contributed by atoms with Gasteiger partial charge in [-0.15, -0.1) is 0 Å². The van der Waals surface area contributed by atoms with Gasteiger partial charge in [0, 0.05) is 19.6 Å². The van der Waals surface area contributed by atoms with Crippen molar-refractivity contribution in [1.29, 1.82) is 0 Å². The molecule has 1 aliphatic rings. The average Bonchev–Trinajstić information content (AvgIpc) is 2.67. The maximum atomic E-state index is 12.5. The maximum Gasteiger partial charge on any atom is 0.237 e. The second-order valence-electron chi connectivity index (χ2n) is 6.14. The van der Waals surface area contributed by atoms with Crippen LogP contribution in [0.5, 0.6) is 0 Å². The van der Waals surface area contributed by atoms with Crippen molar-refractivity contribution in [3.8, 4) is 0 Å². The molecule has 0 aliphatic carbocycles. The number of ether oxygens (including phenoxy) is 1. The van der Waals surface area contributed by atoms with Crippen LogP contribution in [0.1, 0.15) is 24.2 Å². The van der Waals surface area contributed by atoms with Gasteiger partial charge < -0.3 is 10.1 Å². The van der Waals surface area contributed by atoms with Gasteiger partial charge in [0.05, 0.1) is 18.8 Å². The largest absolute Gasteiger partial charge is 0.371 e. The molecule has 0 spiro atoms. The number of carbonyl (C=O) groups is 1. The van der Waals surface area contributed by atoms with E-state index in [2.05, 4.69) is 22.3 Å². The highest BCUT2D eigenvalue weighted by atomic mass is 16.5. The summed E-state index contributed by atoms with van der Waals surface area (Å²) in [5.41, 5.74) is 2.28. The standard InChI is InChI=1S/C20H24N2O2/c1-16(20(23)21-14-17-8-4-2-5-9-17)22-12-13-24-19(15-22)18-10-6-3-7-11-18/h2-11,16,19H,12-15H2,1H3,(H,21,23). The fourth-order valence-electron chi connectivity index (χ4n) is 2.99. The van der Waals surface area contributed by atoms with Crippen LogP contribution in [0.15, 0.2) is 60.7 Å². The lowest BCUT2D eigenvalue weighted by Crippen LogP contribution is -2.50. The van der Waals surface area contributed by atoms with Gasteiger partial charge in [-0.3, -0.25) is 9.69 Å². The molecule has 0 saturated carbocycles. The van der Waals surface area contributed by atoms with Gasteiger partial charge in [0.2, 0.25) is 5.91 Å². The van der Waals surface area contributed by atoms with E-state index in [1.165, 1.54) is 5.56 Å². The van der Waals surface area contributed by atoms with E-state index in [0.717, 1.165) is 18.7 Å². The molecule has 1 fully saturated rings. The Morgan fingerprint density at radius 2 is 1.83 bits per heavy atom. The lowest BCUT2D eigenvalue weighted by molar-refractivity contribution is -0.129. The fourth-order valence-corrected chi connectivity index (χ4v) is 2.99. The summed E-state index contributed by atoms with van der Waals surface area (Å²) in [7, 11) is 0. The van der Waals surface area contributed by atoms with Crippen molar-refractivity contribution >= 4 is 5.91 Å². The minimum absolute atomic E-state index is 0.0318. The molecule has 0 bridgehead atoms. The summed E-state index contributed by atoms with van der Waals surface area (Å²) in [6, 6.07) is 20.0. The molecule has 1 N–H and O–H groups in total. The van der Waals surface area contributed by atoms with Gasteiger partial charge in [-0.05, 0) is 18.1 Å². The van der Waals surface area contributed by atoms with Crippen molar-refractivity contribution in [2.45, 2.75) is 25.6 Å². The molecule has 24 heavy (non-hydrogen) atoms. The van der Waals surface area contributed by atoms with Crippen molar-refractivity contribution in [3.63, 3.8) is 0 Å². The lowest BCUT2D eigenvalue weighted by atomic mass is 10.1. The third kappa shape index (κ3) is 4.22. The number of hydrogen-bond donors (Lipinski definition) is 1. The number of amides is 1. The van der Waals surface area contributed by atoms with Gasteiger partial charge in [0.1, 0.15) is 0 Å². The predicted molar refractivity (Wildman–Crippen MR) is 94.5 cm³/mol. The molecule has 3 rings (SSSR count). The SMILES string of the molecule is CC(C(=O)NCc1ccccc1)N1CCOC(c2ccccc2)C1. The normalized spacial score (nSPS) is 19.6. The molecule has 4 nitrogen and oxygen atoms in total. The maximum absolute atomic E-state index is 12.5. The van der Waals surface area contributed by atoms with Crippen molar-refractivity contribution in [2.75, 3.05) is 19.7 Å². The Labute approximate surface area is 143 Å². The van der Waals surface area contributed by atoms with Gasteiger partial charge in [-0.2, -0.15) is 0 Å². The molecule has 2 atom stereocenters. The fraction of sp³-hybridized carbons (Fsp3) is 0.350. The third-order valence-electron chi connectivity index (χ3n) is 4.51. The van der Waals surface area contributed by atoms with E-state index in [1.807, 2.05) is 55.5 Å². The number of morpholine rings is 1. The first-order valence-electron chi connectivity index (χ1n) is 8.46. The Morgan fingerprint density at radius 1 is 1.17 bits per heavy atom. The van der Waals surface area contributed by atoms with Crippen LogP contribution in [-0.4, -0.2) is 36.5 Å². The number of benzene rings is 2. The molecule has 0 aromatic heterocycles. The second kappa shape index (κ2) is 8.08. The minimum Gasteiger partial charge on any atom is -0.371 e. The Bertz CT molecular complexity index is 645. The van der Waals surface area contributed by atoms with Gasteiger partial charge in [-0.25, -0.2) is 0 Å². The summed E-state index contributed by atoms with van der Waals surface area (Å²) < 4.78 is 5.88. The first-order valence-corrected chi connectivity index (χ1v) is 8.46. The highest BCUT2D eigenvalue weighted by molar-refractivity contribution is 5.81. The quantitative estimate of drug-likeness (QED) is 0.919. The molecule has 2 unspecified atom stereocenters. The Kier molecular flexibility index (Phi) is 5.62. The van der Waals surface area contributed by atoms with E-state index >= 15 is 0 Å². The Hall–Kier alpha value is -2.17. The van der Waals surface area contributed by atoms with E-state index in [9.17, 15) is 4.79 Å². The monoisotopic (exact) mass is 324 g/mol. The van der Waals surface area contributed by atoms with Crippen LogP contribution in [0.2, 0.25) is 0 Å². The zero-order chi connectivity index (χ0) is 16.8. The van der Waals surface area contributed by atoms with E-state index in [-0.39, 0.29) is 18.1 Å². The van der Waals surface area contributed by atoms with E-state index in [0.29, 0.717) is 13.2 Å². The summed E-state index contributed by atoms with van der Waals surface area (Å²) in [6.45, 7) is 4.70. The highest BCUT2D eigenvalue weighted by Gasteiger charge is 2.28. The van der Waals surface area contributed by atoms with Crippen LogP contribution in [0.25, 0.3) is 0 Å². The van der Waals surface area contributed by atoms with Crippen LogP contribution in [-0.2, 0) is 16.1 Å². The molecule has 1 amide bonds. The van der Waals surface area contributed by atoms with Crippen molar-refractivity contribution < 1.29 is 9.53 Å². The predicted octanol–water partition coefficient (Wildman–Crippen LogP) is 2.76. The molecule has 0 radical (unpaired) electrons. The average molecular weight is 324 g/mol. The van der Waals surface area contributed by atoms with Crippen LogP contribution >= 0.6 is 0 Å². The number of hydrogen-bond acceptors (Lipinski definition) is 3. The molecule has 1 heterocycles. The van der Waals surface area contributed by atoms with Gasteiger partial charge in [-0.1, -0.05) is 60.7 Å². The first-order chi connectivity index (χ1) is 11.7. The van der Waals surface area contributed by atoms with Crippen molar-refractivity contribution in [1.82, 2.24) is 10.2 Å². The van der Waals surface area contributed by atoms with Gasteiger partial charge in [0.15, 0.2) is 0 Å². The third-order valence-corrected chi connectivity index (χ3v) is 4.51. The van der Waals surface area contributed by atoms with Crippen LogP contribution < -0.4 is 5.32 Å². The Morgan fingerprint density at radius 3 is 2.54 bits per heavy atom. The van der Waals surface area contributed by atoms with Crippen molar-refractivity contribution in [3.05, 3.63) is 71.8 Å². The van der Waals surface area contributed by atoms with Crippen molar-refractivity contribution in [2.24, 2.45) is 0 Å². The molecule has 2 aromatic carbocycles. The highest BCUT2D eigenvalue weighted by Crippen LogP contribution is 2.23. The van der Waals surface area contributed by atoms with Crippen LogP contribution in [0, 0.1) is 0 Å². The van der Waals surface area contributed by atoms with Gasteiger partial charge in [0.25, 0.3) is 0 Å². The number of nitrogens with zero attached hydrogens (tertiary/aromatic N) is 1. The smallest absolute Gasteiger partial charge is 0.237 e. The zero-order valence-corrected chi connectivity index (χ0v) is 14.0. The van der Waals surface area contributed by atoms with E-state index < -0.39 is 0 Å². The molecule has 2 aromatic rings. The summed E-state index contributed by atoms with van der Waals surface area (Å²) in [5, 5.41) is 3.03. The first kappa shape index (κ1) is 16.7. The second-order valence-corrected chi connectivity index (χ2v) is 6.14. The molecule has 1 saturated heterocycles. The summed E-state index contributed by atoms with van der Waals surface area (Å²) in [6.07, 6.45) is 0.0318. The van der Waals surface area contributed by atoms with E-state index in [4.69, 9.17) is 4.74 Å². The lowest BCUT2D eigenvalue weighted by Gasteiger charge is -2.36. The molecule has 126 valence electrons. The van der Waals surface area contributed by atoms with Gasteiger partial charge >= 0.3 is 0 Å². The summed E-state index contributed by atoms with van der Waals surface area (Å²) in [5.74, 6) is 0.0626. The molecule has 4 heteroatoms. The molecular formula is C20H24N2O2.